The smallest absolute Gasteiger partial charge is 0.329 e. The van der Waals surface area contributed by atoms with E-state index >= 15 is 0 Å². The maximum Gasteiger partial charge on any atom is 0.329 e. The zero-order valence-corrected chi connectivity index (χ0v) is 19.3. The van der Waals surface area contributed by atoms with Gasteiger partial charge in [-0.3, -0.25) is 9.59 Å². The molecule has 1 aromatic carbocycles. The van der Waals surface area contributed by atoms with Crippen LogP contribution in [-0.4, -0.2) is 42.1 Å². The van der Waals surface area contributed by atoms with Crippen LogP contribution in [0.4, 0.5) is 0 Å². The van der Waals surface area contributed by atoms with Crippen LogP contribution >= 0.6 is 0 Å². The summed E-state index contributed by atoms with van der Waals surface area (Å²) in [4.78, 5) is 38.0. The number of nitriles is 1. The van der Waals surface area contributed by atoms with Crippen molar-refractivity contribution in [3.05, 3.63) is 29.8 Å². The van der Waals surface area contributed by atoms with Gasteiger partial charge in [0.15, 0.2) is 6.10 Å². The number of nitrogens with zero attached hydrogens (tertiary/aromatic N) is 1. The second-order valence-electron chi connectivity index (χ2n) is 8.48. The summed E-state index contributed by atoms with van der Waals surface area (Å²) in [6, 6.07) is 7.89. The fourth-order valence-electron chi connectivity index (χ4n) is 3.65. The average Bonchev–Trinajstić information content (AvgIpc) is 2.78. The molecular formula is C24H33N3O5. The molecule has 2 N–H and O–H groups in total. The third-order valence-corrected chi connectivity index (χ3v) is 5.58. The molecule has 1 unspecified atom stereocenters. The van der Waals surface area contributed by atoms with E-state index in [1.165, 1.54) is 6.92 Å². The average molecular weight is 444 g/mol. The molecule has 1 aromatic rings. The van der Waals surface area contributed by atoms with E-state index in [2.05, 4.69) is 16.7 Å². The highest BCUT2D eigenvalue weighted by Crippen LogP contribution is 2.27. The fourth-order valence-corrected chi connectivity index (χ4v) is 3.65. The predicted molar refractivity (Wildman–Crippen MR) is 119 cm³/mol. The number of hydrogen-bond donors (Lipinski definition) is 2. The normalized spacial score (nSPS) is 16.9. The highest BCUT2D eigenvalue weighted by molar-refractivity contribution is 5.97. The minimum atomic E-state index is -1.08. The standard InChI is InChI=1S/C24H33N3O5/c1-5-31-19-11-9-18(10-12-19)22(29)26-20(16(2)3)23(30)32-17(4)21(28)27-24(15-25)13-7-6-8-14-24/h9-12,16-17,20H,5-8,13-14H2,1-4H3,(H,26,29)(H,27,28)/t17?,20-/m0/s1. The lowest BCUT2D eigenvalue weighted by molar-refractivity contribution is -0.158. The molecule has 0 bridgehead atoms. The summed E-state index contributed by atoms with van der Waals surface area (Å²) in [6.07, 6.45) is 2.86. The van der Waals surface area contributed by atoms with Gasteiger partial charge in [-0.2, -0.15) is 5.26 Å². The molecule has 1 aliphatic carbocycles. The number of rotatable bonds is 9. The Balaban J connectivity index is 1.98. The number of hydrogen-bond acceptors (Lipinski definition) is 6. The van der Waals surface area contributed by atoms with Gasteiger partial charge in [0, 0.05) is 5.56 Å². The van der Waals surface area contributed by atoms with Gasteiger partial charge in [0.2, 0.25) is 0 Å². The number of ether oxygens (including phenoxy) is 2. The first-order valence-electron chi connectivity index (χ1n) is 11.2. The number of esters is 1. The summed E-state index contributed by atoms with van der Waals surface area (Å²) >= 11 is 0. The zero-order valence-electron chi connectivity index (χ0n) is 19.3. The monoisotopic (exact) mass is 443 g/mol. The fraction of sp³-hybridized carbons (Fsp3) is 0.583. The van der Waals surface area contributed by atoms with Crippen LogP contribution in [0.25, 0.3) is 0 Å². The molecule has 1 saturated carbocycles. The molecule has 0 heterocycles. The number of amides is 2. The minimum Gasteiger partial charge on any atom is -0.494 e. The Hall–Kier alpha value is -3.08. The summed E-state index contributed by atoms with van der Waals surface area (Å²) in [5.74, 6) is -1.24. The quantitative estimate of drug-likeness (QED) is 0.566. The van der Waals surface area contributed by atoms with Gasteiger partial charge in [-0.15, -0.1) is 0 Å². The molecule has 1 fully saturated rings. The van der Waals surface area contributed by atoms with Crippen LogP contribution in [0.2, 0.25) is 0 Å². The van der Waals surface area contributed by atoms with E-state index in [0.29, 0.717) is 30.8 Å². The van der Waals surface area contributed by atoms with E-state index in [1.54, 1.807) is 38.1 Å². The van der Waals surface area contributed by atoms with E-state index in [9.17, 15) is 19.6 Å². The van der Waals surface area contributed by atoms with Crippen molar-refractivity contribution in [1.29, 1.82) is 5.26 Å². The molecule has 2 rings (SSSR count). The van der Waals surface area contributed by atoms with Gasteiger partial charge < -0.3 is 20.1 Å². The van der Waals surface area contributed by atoms with Crippen molar-refractivity contribution < 1.29 is 23.9 Å². The Morgan fingerprint density at radius 2 is 1.72 bits per heavy atom. The summed E-state index contributed by atoms with van der Waals surface area (Å²) in [6.45, 7) is 7.42. The predicted octanol–water partition coefficient (Wildman–Crippen LogP) is 3.11. The van der Waals surface area contributed by atoms with Crippen LogP contribution in [0.15, 0.2) is 24.3 Å². The minimum absolute atomic E-state index is 0.256. The maximum absolute atomic E-state index is 12.7. The Morgan fingerprint density at radius 1 is 1.09 bits per heavy atom. The summed E-state index contributed by atoms with van der Waals surface area (Å²) in [5.41, 5.74) is -0.527. The third-order valence-electron chi connectivity index (χ3n) is 5.58. The molecule has 174 valence electrons. The molecular weight excluding hydrogens is 410 g/mol. The van der Waals surface area contributed by atoms with Crippen molar-refractivity contribution in [2.24, 2.45) is 5.92 Å². The van der Waals surface area contributed by atoms with Crippen molar-refractivity contribution in [3.8, 4) is 11.8 Å². The molecule has 0 aliphatic heterocycles. The molecule has 2 atom stereocenters. The Morgan fingerprint density at radius 3 is 2.25 bits per heavy atom. The molecule has 0 saturated heterocycles. The van der Waals surface area contributed by atoms with E-state index in [4.69, 9.17) is 9.47 Å². The molecule has 1 aliphatic rings. The van der Waals surface area contributed by atoms with Crippen LogP contribution in [0, 0.1) is 17.2 Å². The van der Waals surface area contributed by atoms with Gasteiger partial charge >= 0.3 is 5.97 Å². The van der Waals surface area contributed by atoms with Gasteiger partial charge in [-0.05, 0) is 56.9 Å². The van der Waals surface area contributed by atoms with Crippen molar-refractivity contribution in [2.75, 3.05) is 6.61 Å². The highest BCUT2D eigenvalue weighted by Gasteiger charge is 2.36. The Bertz CT molecular complexity index is 838. The van der Waals surface area contributed by atoms with Gasteiger partial charge in [0.25, 0.3) is 11.8 Å². The van der Waals surface area contributed by atoms with Crippen molar-refractivity contribution in [2.45, 2.75) is 77.5 Å². The SMILES string of the molecule is CCOc1ccc(C(=O)N[C@H](C(=O)OC(C)C(=O)NC2(C#N)CCCCC2)C(C)C)cc1. The first kappa shape index (κ1) is 25.2. The number of carbonyl (C=O) groups is 3. The second-order valence-corrected chi connectivity index (χ2v) is 8.48. The lowest BCUT2D eigenvalue weighted by atomic mass is 9.83. The second kappa shape index (κ2) is 11.5. The Labute approximate surface area is 189 Å². The first-order chi connectivity index (χ1) is 15.2. The number of nitrogens with one attached hydrogen (secondary N) is 2. The van der Waals surface area contributed by atoms with Gasteiger partial charge in [-0.25, -0.2) is 4.79 Å². The number of carbonyl (C=O) groups excluding carboxylic acids is 3. The lowest BCUT2D eigenvalue weighted by Crippen LogP contribution is -2.53. The van der Waals surface area contributed by atoms with Crippen LogP contribution in [-0.2, 0) is 14.3 Å². The summed E-state index contributed by atoms with van der Waals surface area (Å²) in [7, 11) is 0. The molecule has 0 spiro atoms. The van der Waals surface area contributed by atoms with Crippen molar-refractivity contribution in [3.63, 3.8) is 0 Å². The molecule has 8 heteroatoms. The van der Waals surface area contributed by atoms with Crippen molar-refractivity contribution >= 4 is 17.8 Å². The molecule has 2 amide bonds. The van der Waals surface area contributed by atoms with Crippen molar-refractivity contribution in [1.82, 2.24) is 10.6 Å². The molecule has 0 radical (unpaired) electrons. The van der Waals surface area contributed by atoms with Crippen LogP contribution in [0.3, 0.4) is 0 Å². The Kier molecular flexibility index (Phi) is 9.06. The molecule has 32 heavy (non-hydrogen) atoms. The largest absolute Gasteiger partial charge is 0.494 e. The zero-order chi connectivity index (χ0) is 23.7. The highest BCUT2D eigenvalue weighted by atomic mass is 16.5. The third kappa shape index (κ3) is 6.71. The van der Waals surface area contributed by atoms with E-state index < -0.39 is 35.5 Å². The van der Waals surface area contributed by atoms with E-state index in [1.807, 2.05) is 6.92 Å². The lowest BCUT2D eigenvalue weighted by Gasteiger charge is -2.32. The molecule has 8 nitrogen and oxygen atoms in total. The van der Waals surface area contributed by atoms with E-state index in [-0.39, 0.29) is 5.92 Å². The van der Waals surface area contributed by atoms with Crippen LogP contribution in [0.5, 0.6) is 5.75 Å². The maximum atomic E-state index is 12.7. The van der Waals surface area contributed by atoms with E-state index in [0.717, 1.165) is 19.3 Å². The van der Waals surface area contributed by atoms with Crippen LogP contribution in [0.1, 0.15) is 70.2 Å². The van der Waals surface area contributed by atoms with Crippen LogP contribution < -0.4 is 15.4 Å². The molecule has 0 aromatic heterocycles. The van der Waals surface area contributed by atoms with Gasteiger partial charge in [0.05, 0.1) is 12.7 Å². The summed E-state index contributed by atoms with van der Waals surface area (Å²) < 4.78 is 10.7. The topological polar surface area (TPSA) is 118 Å². The van der Waals surface area contributed by atoms with Gasteiger partial charge in [-0.1, -0.05) is 33.1 Å². The number of benzene rings is 1. The van der Waals surface area contributed by atoms with Gasteiger partial charge in [0.1, 0.15) is 17.3 Å². The first-order valence-corrected chi connectivity index (χ1v) is 11.2. The summed E-state index contributed by atoms with van der Waals surface area (Å²) in [5, 5.41) is 15.0.